The van der Waals surface area contributed by atoms with Crippen molar-refractivity contribution < 1.29 is 4.74 Å². The molecule has 0 spiro atoms. The van der Waals surface area contributed by atoms with Gasteiger partial charge in [0.05, 0.1) is 6.61 Å². The molecule has 0 aromatic heterocycles. The molecule has 1 aromatic carbocycles. The van der Waals surface area contributed by atoms with Gasteiger partial charge in [0, 0.05) is 18.8 Å². The fourth-order valence-electron chi connectivity index (χ4n) is 1.44. The Kier molecular flexibility index (Phi) is 7.93. The molecule has 17 heavy (non-hydrogen) atoms. The molecule has 0 radical (unpaired) electrons. The van der Waals surface area contributed by atoms with Gasteiger partial charge in [0.25, 0.3) is 0 Å². The van der Waals surface area contributed by atoms with Crippen LogP contribution >= 0.6 is 11.8 Å². The van der Waals surface area contributed by atoms with Crippen molar-refractivity contribution in [2.75, 3.05) is 25.2 Å². The van der Waals surface area contributed by atoms with E-state index in [9.17, 15) is 0 Å². The average Bonchev–Trinajstić information content (AvgIpc) is 2.37. The van der Waals surface area contributed by atoms with Crippen LogP contribution in [0.1, 0.15) is 25.3 Å². The quantitative estimate of drug-likeness (QED) is 0.682. The van der Waals surface area contributed by atoms with E-state index in [4.69, 9.17) is 4.74 Å². The second kappa shape index (κ2) is 9.37. The summed E-state index contributed by atoms with van der Waals surface area (Å²) in [5.41, 5.74) is 1.31. The first kappa shape index (κ1) is 14.4. The van der Waals surface area contributed by atoms with Crippen LogP contribution in [-0.2, 0) is 6.54 Å². The zero-order valence-electron chi connectivity index (χ0n) is 10.9. The van der Waals surface area contributed by atoms with Gasteiger partial charge in [-0.15, -0.1) is 0 Å². The van der Waals surface area contributed by atoms with Crippen LogP contribution in [0.5, 0.6) is 5.75 Å². The van der Waals surface area contributed by atoms with E-state index in [1.54, 1.807) is 0 Å². The minimum atomic E-state index is 0.821. The summed E-state index contributed by atoms with van der Waals surface area (Å²) in [4.78, 5) is 0. The molecule has 96 valence electrons. The molecule has 0 atom stereocenters. The van der Waals surface area contributed by atoms with Gasteiger partial charge in [0.2, 0.25) is 0 Å². The highest BCUT2D eigenvalue weighted by Gasteiger charge is 1.95. The lowest BCUT2D eigenvalue weighted by Crippen LogP contribution is -2.16. The standard InChI is InChI=1S/C14H23NOS/c1-3-4-10-16-14-7-5-13(6-8-14)12-15-9-11-17-2/h5-8,15H,3-4,9-12H2,1-2H3. The highest BCUT2D eigenvalue weighted by atomic mass is 32.2. The first-order valence-electron chi connectivity index (χ1n) is 6.28. The van der Waals surface area contributed by atoms with Crippen molar-refractivity contribution in [1.29, 1.82) is 0 Å². The largest absolute Gasteiger partial charge is 0.494 e. The van der Waals surface area contributed by atoms with Gasteiger partial charge in [-0.3, -0.25) is 0 Å². The van der Waals surface area contributed by atoms with E-state index in [2.05, 4.69) is 42.8 Å². The summed E-state index contributed by atoms with van der Waals surface area (Å²) in [5, 5.41) is 3.41. The van der Waals surface area contributed by atoms with Gasteiger partial charge in [0.15, 0.2) is 0 Å². The molecule has 3 heteroatoms. The fourth-order valence-corrected chi connectivity index (χ4v) is 1.79. The van der Waals surface area contributed by atoms with Crippen LogP contribution in [0.4, 0.5) is 0 Å². The van der Waals surface area contributed by atoms with E-state index in [-0.39, 0.29) is 0 Å². The Morgan fingerprint density at radius 1 is 1.24 bits per heavy atom. The van der Waals surface area contributed by atoms with E-state index < -0.39 is 0 Å². The zero-order chi connectivity index (χ0) is 12.3. The summed E-state index contributed by atoms with van der Waals surface area (Å²) in [6, 6.07) is 8.38. The number of rotatable bonds is 9. The monoisotopic (exact) mass is 253 g/mol. The Labute approximate surface area is 109 Å². The summed E-state index contributed by atoms with van der Waals surface area (Å²) >= 11 is 1.87. The molecular formula is C14H23NOS. The van der Waals surface area contributed by atoms with Gasteiger partial charge in [-0.05, 0) is 30.4 Å². The number of hydrogen-bond donors (Lipinski definition) is 1. The van der Waals surface area contributed by atoms with Crippen molar-refractivity contribution in [3.05, 3.63) is 29.8 Å². The molecule has 0 aliphatic carbocycles. The molecule has 2 nitrogen and oxygen atoms in total. The molecule has 0 bridgehead atoms. The molecule has 0 amide bonds. The van der Waals surface area contributed by atoms with Crippen LogP contribution in [0.15, 0.2) is 24.3 Å². The third-order valence-corrected chi connectivity index (χ3v) is 3.11. The Balaban J connectivity index is 2.24. The lowest BCUT2D eigenvalue weighted by Gasteiger charge is -2.07. The SMILES string of the molecule is CCCCOc1ccc(CNCCSC)cc1. The van der Waals surface area contributed by atoms with Crippen LogP contribution < -0.4 is 10.1 Å². The van der Waals surface area contributed by atoms with Crippen molar-refractivity contribution in [3.8, 4) is 5.75 Å². The number of nitrogens with one attached hydrogen (secondary N) is 1. The Hall–Kier alpha value is -0.670. The van der Waals surface area contributed by atoms with E-state index in [0.717, 1.165) is 37.6 Å². The number of hydrogen-bond acceptors (Lipinski definition) is 3. The van der Waals surface area contributed by atoms with Gasteiger partial charge in [-0.1, -0.05) is 25.5 Å². The van der Waals surface area contributed by atoms with E-state index >= 15 is 0 Å². The maximum atomic E-state index is 5.62. The first-order valence-corrected chi connectivity index (χ1v) is 7.67. The Morgan fingerprint density at radius 2 is 2.00 bits per heavy atom. The smallest absolute Gasteiger partial charge is 0.119 e. The van der Waals surface area contributed by atoms with Crippen molar-refractivity contribution in [1.82, 2.24) is 5.32 Å². The van der Waals surface area contributed by atoms with E-state index in [1.807, 2.05) is 11.8 Å². The summed E-state index contributed by atoms with van der Waals surface area (Å²) in [7, 11) is 0. The number of ether oxygens (including phenoxy) is 1. The van der Waals surface area contributed by atoms with Crippen molar-refractivity contribution in [2.45, 2.75) is 26.3 Å². The van der Waals surface area contributed by atoms with Crippen molar-refractivity contribution in [3.63, 3.8) is 0 Å². The number of thioether (sulfide) groups is 1. The van der Waals surface area contributed by atoms with Gasteiger partial charge < -0.3 is 10.1 Å². The fraction of sp³-hybridized carbons (Fsp3) is 0.571. The van der Waals surface area contributed by atoms with Gasteiger partial charge in [-0.25, -0.2) is 0 Å². The lowest BCUT2D eigenvalue weighted by molar-refractivity contribution is 0.309. The van der Waals surface area contributed by atoms with Gasteiger partial charge in [-0.2, -0.15) is 11.8 Å². The normalized spacial score (nSPS) is 10.5. The minimum absolute atomic E-state index is 0.821. The third-order valence-electron chi connectivity index (χ3n) is 2.50. The second-order valence-corrected chi connectivity index (χ2v) is 5.00. The summed E-state index contributed by atoms with van der Waals surface area (Å²) in [6.45, 7) is 5.00. The summed E-state index contributed by atoms with van der Waals surface area (Å²) in [6.07, 6.45) is 4.43. The van der Waals surface area contributed by atoms with Crippen molar-refractivity contribution >= 4 is 11.8 Å². The highest BCUT2D eigenvalue weighted by molar-refractivity contribution is 7.98. The molecule has 0 unspecified atom stereocenters. The molecule has 0 heterocycles. The Morgan fingerprint density at radius 3 is 2.65 bits per heavy atom. The maximum Gasteiger partial charge on any atom is 0.119 e. The number of unbranched alkanes of at least 4 members (excludes halogenated alkanes) is 1. The van der Waals surface area contributed by atoms with Crippen LogP contribution in [-0.4, -0.2) is 25.2 Å². The molecule has 1 aromatic rings. The van der Waals surface area contributed by atoms with Crippen LogP contribution in [0.2, 0.25) is 0 Å². The molecule has 0 fully saturated rings. The average molecular weight is 253 g/mol. The number of benzene rings is 1. The summed E-state index contributed by atoms with van der Waals surface area (Å²) in [5.74, 6) is 2.14. The highest BCUT2D eigenvalue weighted by Crippen LogP contribution is 2.12. The summed E-state index contributed by atoms with van der Waals surface area (Å²) < 4.78 is 5.62. The third kappa shape index (κ3) is 6.59. The van der Waals surface area contributed by atoms with Crippen molar-refractivity contribution in [2.24, 2.45) is 0 Å². The Bertz CT molecular complexity index is 287. The van der Waals surface area contributed by atoms with Crippen LogP contribution in [0, 0.1) is 0 Å². The predicted molar refractivity (Wildman–Crippen MR) is 76.9 cm³/mol. The molecule has 0 aliphatic rings. The second-order valence-electron chi connectivity index (χ2n) is 4.02. The lowest BCUT2D eigenvalue weighted by atomic mass is 10.2. The first-order chi connectivity index (χ1) is 8.36. The van der Waals surface area contributed by atoms with E-state index in [1.165, 1.54) is 12.0 Å². The molecule has 1 rings (SSSR count). The topological polar surface area (TPSA) is 21.3 Å². The van der Waals surface area contributed by atoms with E-state index in [0.29, 0.717) is 0 Å². The maximum absolute atomic E-state index is 5.62. The minimum Gasteiger partial charge on any atom is -0.494 e. The molecule has 0 aliphatic heterocycles. The molecule has 0 saturated heterocycles. The molecule has 1 N–H and O–H groups in total. The predicted octanol–water partition coefficient (Wildman–Crippen LogP) is 3.32. The van der Waals surface area contributed by atoms with Crippen LogP contribution in [0.3, 0.4) is 0 Å². The zero-order valence-corrected chi connectivity index (χ0v) is 11.7. The molecular weight excluding hydrogens is 230 g/mol. The van der Waals surface area contributed by atoms with Gasteiger partial charge >= 0.3 is 0 Å². The van der Waals surface area contributed by atoms with Crippen LogP contribution in [0.25, 0.3) is 0 Å². The van der Waals surface area contributed by atoms with Gasteiger partial charge in [0.1, 0.15) is 5.75 Å². The molecule has 0 saturated carbocycles.